The van der Waals surface area contributed by atoms with Crippen molar-refractivity contribution in [3.8, 4) is 0 Å². The Bertz CT molecular complexity index is 665. The molecular weight excluding hydrogens is 290 g/mol. The number of rotatable bonds is 4. The molecule has 0 amide bonds. The smallest absolute Gasteiger partial charge is 0.295 e. The maximum atomic E-state index is 13.7. The first kappa shape index (κ1) is 14.2. The van der Waals surface area contributed by atoms with E-state index >= 15 is 0 Å². The fraction of sp³-hybridized carbons (Fsp3) is 0.0769. The fourth-order valence-corrected chi connectivity index (χ4v) is 1.89. The summed E-state index contributed by atoms with van der Waals surface area (Å²) in [5.41, 5.74) is -0.405. The number of nitrogens with one attached hydrogen (secondary N) is 1. The molecule has 0 aromatic heterocycles. The summed E-state index contributed by atoms with van der Waals surface area (Å²) in [6.07, 6.45) is 0. The molecule has 0 bridgehead atoms. The molecule has 0 aliphatic heterocycles. The largest absolute Gasteiger partial charge is 0.373 e. The lowest BCUT2D eigenvalue weighted by atomic mass is 10.2. The SMILES string of the molecule is O=[N+]([O-])c1ccc(F)c(F)c1NCc1ccccc1Cl. The monoisotopic (exact) mass is 298 g/mol. The third-order valence-corrected chi connectivity index (χ3v) is 3.05. The van der Waals surface area contributed by atoms with Gasteiger partial charge in [-0.15, -0.1) is 0 Å². The van der Waals surface area contributed by atoms with Crippen LogP contribution in [0, 0.1) is 21.7 Å². The molecule has 0 heterocycles. The van der Waals surface area contributed by atoms with Crippen molar-refractivity contribution in [2.75, 3.05) is 5.32 Å². The second-order valence-electron chi connectivity index (χ2n) is 3.96. The summed E-state index contributed by atoms with van der Waals surface area (Å²) < 4.78 is 26.8. The van der Waals surface area contributed by atoms with Crippen molar-refractivity contribution in [3.05, 3.63) is 68.7 Å². The van der Waals surface area contributed by atoms with Gasteiger partial charge in [0.05, 0.1) is 4.92 Å². The van der Waals surface area contributed by atoms with Crippen molar-refractivity contribution < 1.29 is 13.7 Å². The molecule has 2 aromatic rings. The van der Waals surface area contributed by atoms with Crippen LogP contribution in [0.5, 0.6) is 0 Å². The second-order valence-corrected chi connectivity index (χ2v) is 4.36. The molecule has 0 unspecified atom stereocenters. The van der Waals surface area contributed by atoms with Gasteiger partial charge < -0.3 is 5.32 Å². The van der Waals surface area contributed by atoms with Gasteiger partial charge in [-0.3, -0.25) is 10.1 Å². The van der Waals surface area contributed by atoms with Gasteiger partial charge in [0.1, 0.15) is 0 Å². The van der Waals surface area contributed by atoms with Crippen LogP contribution in [0.15, 0.2) is 36.4 Å². The Kier molecular flexibility index (Phi) is 4.14. The first-order valence-corrected chi connectivity index (χ1v) is 5.98. The Morgan fingerprint density at radius 2 is 1.90 bits per heavy atom. The molecule has 7 heteroatoms. The summed E-state index contributed by atoms with van der Waals surface area (Å²) in [5.74, 6) is -2.44. The molecule has 0 saturated carbocycles. The van der Waals surface area contributed by atoms with E-state index in [0.717, 1.165) is 6.07 Å². The standard InChI is InChI=1S/C13H9ClF2N2O2/c14-9-4-2-1-3-8(9)7-17-13-11(18(19)20)6-5-10(15)12(13)16/h1-6,17H,7H2. The molecule has 0 spiro atoms. The molecule has 0 aliphatic rings. The third kappa shape index (κ3) is 2.85. The van der Waals surface area contributed by atoms with E-state index in [4.69, 9.17) is 11.6 Å². The Hall–Kier alpha value is -2.21. The summed E-state index contributed by atoms with van der Waals surface area (Å²) in [5, 5.41) is 13.8. The summed E-state index contributed by atoms with van der Waals surface area (Å²) in [6, 6.07) is 8.38. The van der Waals surface area contributed by atoms with Crippen LogP contribution in [0.1, 0.15) is 5.56 Å². The van der Waals surface area contributed by atoms with E-state index in [0.29, 0.717) is 16.7 Å². The van der Waals surface area contributed by atoms with Gasteiger partial charge >= 0.3 is 0 Å². The van der Waals surface area contributed by atoms with E-state index in [1.54, 1.807) is 24.3 Å². The average Bonchev–Trinajstić information content (AvgIpc) is 2.41. The fourth-order valence-electron chi connectivity index (χ4n) is 1.69. The number of nitro benzene ring substituents is 1. The molecule has 0 aliphatic carbocycles. The van der Waals surface area contributed by atoms with Crippen LogP contribution in [0.3, 0.4) is 0 Å². The Morgan fingerprint density at radius 1 is 1.20 bits per heavy atom. The maximum absolute atomic E-state index is 13.7. The van der Waals surface area contributed by atoms with Gasteiger partial charge in [-0.25, -0.2) is 8.78 Å². The van der Waals surface area contributed by atoms with Crippen molar-refractivity contribution >= 4 is 23.0 Å². The topological polar surface area (TPSA) is 55.2 Å². The summed E-state index contributed by atoms with van der Waals surface area (Å²) in [4.78, 5) is 10.0. The minimum atomic E-state index is -1.29. The van der Waals surface area contributed by atoms with Gasteiger partial charge in [-0.1, -0.05) is 29.8 Å². The van der Waals surface area contributed by atoms with E-state index in [1.807, 2.05) is 0 Å². The van der Waals surface area contributed by atoms with Crippen LogP contribution in [0.4, 0.5) is 20.2 Å². The molecule has 0 fully saturated rings. The quantitative estimate of drug-likeness (QED) is 0.682. The van der Waals surface area contributed by atoms with Gasteiger partial charge in [0.25, 0.3) is 5.69 Å². The van der Waals surface area contributed by atoms with Crippen LogP contribution < -0.4 is 5.32 Å². The highest BCUT2D eigenvalue weighted by Crippen LogP contribution is 2.30. The number of hydrogen-bond donors (Lipinski definition) is 1. The minimum absolute atomic E-state index is 0.0425. The zero-order chi connectivity index (χ0) is 14.7. The number of nitrogens with zero attached hydrogens (tertiary/aromatic N) is 1. The van der Waals surface area contributed by atoms with E-state index < -0.39 is 27.9 Å². The maximum Gasteiger partial charge on any atom is 0.295 e. The highest BCUT2D eigenvalue weighted by atomic mass is 35.5. The predicted molar refractivity (Wildman–Crippen MR) is 71.8 cm³/mol. The molecular formula is C13H9ClF2N2O2. The summed E-state index contributed by atoms with van der Waals surface area (Å²) in [6.45, 7) is 0.0425. The molecule has 4 nitrogen and oxygen atoms in total. The Morgan fingerprint density at radius 3 is 2.55 bits per heavy atom. The predicted octanol–water partition coefficient (Wildman–Crippen LogP) is 4.14. The van der Waals surface area contributed by atoms with E-state index in [-0.39, 0.29) is 6.54 Å². The van der Waals surface area contributed by atoms with Gasteiger partial charge in [-0.2, -0.15) is 0 Å². The van der Waals surface area contributed by atoms with E-state index in [1.165, 1.54) is 0 Å². The van der Waals surface area contributed by atoms with Gasteiger partial charge in [0, 0.05) is 17.6 Å². The Labute approximate surface area is 118 Å². The first-order valence-electron chi connectivity index (χ1n) is 5.60. The average molecular weight is 299 g/mol. The van der Waals surface area contributed by atoms with E-state index in [9.17, 15) is 18.9 Å². The molecule has 0 atom stereocenters. The second kappa shape index (κ2) is 5.83. The Balaban J connectivity index is 2.31. The number of anilines is 1. The van der Waals surface area contributed by atoms with Crippen LogP contribution in [-0.4, -0.2) is 4.92 Å². The lowest BCUT2D eigenvalue weighted by molar-refractivity contribution is -0.384. The van der Waals surface area contributed by atoms with Crippen molar-refractivity contribution in [2.45, 2.75) is 6.54 Å². The van der Waals surface area contributed by atoms with Gasteiger partial charge in [0.15, 0.2) is 17.3 Å². The number of hydrogen-bond acceptors (Lipinski definition) is 3. The lowest BCUT2D eigenvalue weighted by Gasteiger charge is -2.09. The molecule has 2 rings (SSSR count). The van der Waals surface area contributed by atoms with Crippen LogP contribution in [-0.2, 0) is 6.54 Å². The third-order valence-electron chi connectivity index (χ3n) is 2.68. The zero-order valence-electron chi connectivity index (χ0n) is 10.1. The normalized spacial score (nSPS) is 10.3. The van der Waals surface area contributed by atoms with Crippen LogP contribution in [0.25, 0.3) is 0 Å². The highest BCUT2D eigenvalue weighted by molar-refractivity contribution is 6.31. The molecule has 104 valence electrons. The van der Waals surface area contributed by atoms with Crippen molar-refractivity contribution in [1.82, 2.24) is 0 Å². The molecule has 20 heavy (non-hydrogen) atoms. The summed E-state index contributed by atoms with van der Waals surface area (Å²) in [7, 11) is 0. The highest BCUT2D eigenvalue weighted by Gasteiger charge is 2.21. The first-order chi connectivity index (χ1) is 9.50. The van der Waals surface area contributed by atoms with Crippen LogP contribution >= 0.6 is 11.6 Å². The lowest BCUT2D eigenvalue weighted by Crippen LogP contribution is -2.06. The molecule has 1 N–H and O–H groups in total. The zero-order valence-corrected chi connectivity index (χ0v) is 10.8. The molecule has 2 aromatic carbocycles. The van der Waals surface area contributed by atoms with Gasteiger partial charge in [-0.05, 0) is 17.7 Å². The van der Waals surface area contributed by atoms with Gasteiger partial charge in [0.2, 0.25) is 0 Å². The van der Waals surface area contributed by atoms with Crippen molar-refractivity contribution in [1.29, 1.82) is 0 Å². The number of benzene rings is 2. The number of nitro groups is 1. The van der Waals surface area contributed by atoms with Crippen LogP contribution in [0.2, 0.25) is 5.02 Å². The van der Waals surface area contributed by atoms with Crippen molar-refractivity contribution in [2.24, 2.45) is 0 Å². The van der Waals surface area contributed by atoms with E-state index in [2.05, 4.69) is 5.32 Å². The van der Waals surface area contributed by atoms with Crippen molar-refractivity contribution in [3.63, 3.8) is 0 Å². The molecule has 0 saturated heterocycles. The molecule has 0 radical (unpaired) electrons. The summed E-state index contributed by atoms with van der Waals surface area (Å²) >= 11 is 5.92. The minimum Gasteiger partial charge on any atom is -0.373 e. The number of halogens is 3.